The van der Waals surface area contributed by atoms with Crippen LogP contribution in [0.4, 0.5) is 4.39 Å². The number of para-hydroxylation sites is 1. The molecule has 0 atom stereocenters. The van der Waals surface area contributed by atoms with E-state index in [1.54, 1.807) is 30.5 Å². The highest BCUT2D eigenvalue weighted by Crippen LogP contribution is 2.25. The van der Waals surface area contributed by atoms with Crippen LogP contribution in [0.5, 0.6) is 0 Å². The average molecular weight is 319 g/mol. The topological polar surface area (TPSA) is 71.8 Å². The fourth-order valence-electron chi connectivity index (χ4n) is 2.65. The van der Waals surface area contributed by atoms with Crippen molar-refractivity contribution in [1.29, 1.82) is 5.26 Å². The van der Waals surface area contributed by atoms with Gasteiger partial charge in [0.15, 0.2) is 0 Å². The molecule has 4 nitrogen and oxygen atoms in total. The highest BCUT2D eigenvalue weighted by Gasteiger charge is 2.11. The van der Waals surface area contributed by atoms with Crippen LogP contribution in [0.3, 0.4) is 0 Å². The van der Waals surface area contributed by atoms with Crippen LogP contribution in [-0.2, 0) is 11.3 Å². The van der Waals surface area contributed by atoms with Crippen molar-refractivity contribution in [2.45, 2.75) is 6.54 Å². The van der Waals surface area contributed by atoms with Gasteiger partial charge in [-0.15, -0.1) is 0 Å². The molecule has 24 heavy (non-hydrogen) atoms. The van der Waals surface area contributed by atoms with Crippen LogP contribution in [-0.4, -0.2) is 10.5 Å². The summed E-state index contributed by atoms with van der Waals surface area (Å²) in [7, 11) is 0. The van der Waals surface area contributed by atoms with E-state index in [0.717, 1.165) is 10.9 Å². The normalized spacial score (nSPS) is 11.4. The van der Waals surface area contributed by atoms with Gasteiger partial charge in [0.2, 0.25) is 0 Å². The molecule has 0 fully saturated rings. The van der Waals surface area contributed by atoms with Gasteiger partial charge in [-0.1, -0.05) is 36.4 Å². The summed E-state index contributed by atoms with van der Waals surface area (Å²) in [6.45, 7) is 0.347. The molecule has 0 aliphatic rings. The molecule has 0 aliphatic carbocycles. The zero-order valence-electron chi connectivity index (χ0n) is 12.7. The monoisotopic (exact) mass is 319 g/mol. The van der Waals surface area contributed by atoms with Crippen LogP contribution in [0.1, 0.15) is 11.1 Å². The number of fused-ring (bicyclic) bond motifs is 1. The molecular weight excluding hydrogens is 305 g/mol. The van der Waals surface area contributed by atoms with E-state index in [1.165, 1.54) is 12.1 Å². The maximum Gasteiger partial charge on any atom is 0.259 e. The van der Waals surface area contributed by atoms with Gasteiger partial charge in [0, 0.05) is 28.2 Å². The van der Waals surface area contributed by atoms with Crippen LogP contribution in [0, 0.1) is 17.1 Å². The summed E-state index contributed by atoms with van der Waals surface area (Å²) in [5.41, 5.74) is 7.22. The van der Waals surface area contributed by atoms with Crippen molar-refractivity contribution < 1.29 is 9.18 Å². The van der Waals surface area contributed by atoms with E-state index in [-0.39, 0.29) is 11.4 Å². The number of nitriles is 1. The molecule has 0 saturated carbocycles. The van der Waals surface area contributed by atoms with Crippen LogP contribution < -0.4 is 5.73 Å². The lowest BCUT2D eigenvalue weighted by molar-refractivity contribution is -0.114. The molecule has 2 aromatic carbocycles. The Bertz CT molecular complexity index is 995. The van der Waals surface area contributed by atoms with Crippen LogP contribution in [0.2, 0.25) is 0 Å². The molecule has 118 valence electrons. The summed E-state index contributed by atoms with van der Waals surface area (Å²) in [6.07, 6.45) is 3.25. The highest BCUT2D eigenvalue weighted by molar-refractivity contribution is 6.03. The highest BCUT2D eigenvalue weighted by atomic mass is 19.1. The smallest absolute Gasteiger partial charge is 0.259 e. The molecule has 3 aromatic rings. The third-order valence-electron chi connectivity index (χ3n) is 3.80. The first kappa shape index (κ1) is 15.5. The average Bonchev–Trinajstić information content (AvgIpc) is 2.92. The van der Waals surface area contributed by atoms with Gasteiger partial charge in [-0.3, -0.25) is 4.79 Å². The van der Waals surface area contributed by atoms with Crippen molar-refractivity contribution >= 4 is 22.9 Å². The molecule has 1 heterocycles. The van der Waals surface area contributed by atoms with Crippen molar-refractivity contribution in [2.24, 2.45) is 5.73 Å². The summed E-state index contributed by atoms with van der Waals surface area (Å²) in [5.74, 6) is -1.05. The SMILES string of the molecule is N#C/C(=C\c1cn(Cc2ccccc2F)c2ccccc12)C(N)=O. The third-order valence-corrected chi connectivity index (χ3v) is 3.80. The van der Waals surface area contributed by atoms with Crippen molar-refractivity contribution in [3.63, 3.8) is 0 Å². The first-order valence-electron chi connectivity index (χ1n) is 7.33. The minimum atomic E-state index is -0.775. The van der Waals surface area contributed by atoms with Gasteiger partial charge in [0.1, 0.15) is 17.5 Å². The molecule has 3 rings (SSSR count). The van der Waals surface area contributed by atoms with Gasteiger partial charge < -0.3 is 10.3 Å². The fraction of sp³-hybridized carbons (Fsp3) is 0.0526. The Kier molecular flexibility index (Phi) is 4.13. The zero-order valence-corrected chi connectivity index (χ0v) is 12.7. The van der Waals surface area contributed by atoms with Crippen molar-refractivity contribution in [1.82, 2.24) is 4.57 Å². The molecule has 1 aromatic heterocycles. The number of hydrogen-bond donors (Lipinski definition) is 1. The summed E-state index contributed by atoms with van der Waals surface area (Å²) in [5, 5.41) is 9.90. The maximum atomic E-state index is 13.9. The van der Waals surface area contributed by atoms with E-state index in [9.17, 15) is 9.18 Å². The zero-order chi connectivity index (χ0) is 17.1. The van der Waals surface area contributed by atoms with Gasteiger partial charge in [-0.05, 0) is 18.2 Å². The van der Waals surface area contributed by atoms with Crippen LogP contribution >= 0.6 is 0 Å². The minimum absolute atomic E-state index is 0.121. The first-order chi connectivity index (χ1) is 11.6. The second-order valence-electron chi connectivity index (χ2n) is 5.35. The molecular formula is C19H14FN3O. The lowest BCUT2D eigenvalue weighted by atomic mass is 10.1. The molecule has 0 unspecified atom stereocenters. The molecule has 0 spiro atoms. The van der Waals surface area contributed by atoms with E-state index in [0.29, 0.717) is 17.7 Å². The molecule has 1 amide bonds. The lowest BCUT2D eigenvalue weighted by Gasteiger charge is -2.06. The van der Waals surface area contributed by atoms with Gasteiger partial charge in [-0.25, -0.2) is 4.39 Å². The predicted octanol–water partition coefficient (Wildman–Crippen LogP) is 3.22. The number of carbonyl (C=O) groups excluding carboxylic acids is 1. The Hall–Kier alpha value is -3.39. The van der Waals surface area contributed by atoms with E-state index >= 15 is 0 Å². The standard InChI is InChI=1S/C19H14FN3O/c20-17-7-3-1-5-13(17)11-23-12-15(9-14(10-21)19(22)24)16-6-2-4-8-18(16)23/h1-9,12H,11H2,(H2,22,24)/b14-9+. The van der Waals surface area contributed by atoms with Crippen LogP contribution in [0.15, 0.2) is 60.3 Å². The fourth-order valence-corrected chi connectivity index (χ4v) is 2.65. The number of nitrogens with zero attached hydrogens (tertiary/aromatic N) is 2. The molecule has 0 saturated heterocycles. The lowest BCUT2D eigenvalue weighted by Crippen LogP contribution is -2.12. The number of nitrogens with two attached hydrogens (primary N) is 1. The van der Waals surface area contributed by atoms with Gasteiger partial charge in [-0.2, -0.15) is 5.26 Å². The minimum Gasteiger partial charge on any atom is -0.365 e. The van der Waals surface area contributed by atoms with E-state index < -0.39 is 5.91 Å². The van der Waals surface area contributed by atoms with Gasteiger partial charge in [0.25, 0.3) is 5.91 Å². The molecule has 0 radical (unpaired) electrons. The summed E-state index contributed by atoms with van der Waals surface area (Å²) in [6, 6.07) is 15.9. The Balaban J connectivity index is 2.12. The summed E-state index contributed by atoms with van der Waals surface area (Å²) in [4.78, 5) is 11.3. The number of rotatable bonds is 4. The number of aromatic nitrogens is 1. The number of hydrogen-bond acceptors (Lipinski definition) is 2. The number of halogens is 1. The maximum absolute atomic E-state index is 13.9. The molecule has 0 bridgehead atoms. The number of amides is 1. The van der Waals surface area contributed by atoms with Crippen LogP contribution in [0.25, 0.3) is 17.0 Å². The number of primary amides is 1. The van der Waals surface area contributed by atoms with Crippen molar-refractivity contribution in [3.05, 3.63) is 77.2 Å². The quantitative estimate of drug-likeness (QED) is 0.592. The van der Waals surface area contributed by atoms with E-state index in [2.05, 4.69) is 0 Å². The van der Waals surface area contributed by atoms with E-state index in [4.69, 9.17) is 11.0 Å². The Morgan fingerprint density at radius 2 is 1.92 bits per heavy atom. The van der Waals surface area contributed by atoms with Crippen molar-refractivity contribution in [3.8, 4) is 6.07 Å². The molecule has 0 aliphatic heterocycles. The van der Waals surface area contributed by atoms with E-state index in [1.807, 2.05) is 28.8 Å². The summed E-state index contributed by atoms with van der Waals surface area (Å²) >= 11 is 0. The second-order valence-corrected chi connectivity index (χ2v) is 5.35. The predicted molar refractivity (Wildman–Crippen MR) is 90.2 cm³/mol. The first-order valence-corrected chi connectivity index (χ1v) is 7.33. The van der Waals surface area contributed by atoms with Gasteiger partial charge >= 0.3 is 0 Å². The number of carbonyl (C=O) groups is 1. The third kappa shape index (κ3) is 2.90. The van der Waals surface area contributed by atoms with Crippen molar-refractivity contribution in [2.75, 3.05) is 0 Å². The molecule has 2 N–H and O–H groups in total. The second kappa shape index (κ2) is 6.39. The Labute approximate surface area is 138 Å². The Morgan fingerprint density at radius 3 is 2.62 bits per heavy atom. The van der Waals surface area contributed by atoms with Gasteiger partial charge in [0.05, 0.1) is 6.54 Å². The molecule has 5 heteroatoms. The summed E-state index contributed by atoms with van der Waals surface area (Å²) < 4.78 is 15.8. The number of benzene rings is 2. The Morgan fingerprint density at radius 1 is 1.21 bits per heavy atom. The largest absolute Gasteiger partial charge is 0.365 e.